The van der Waals surface area contributed by atoms with Crippen LogP contribution < -0.4 is 31.8 Å². The summed E-state index contributed by atoms with van der Waals surface area (Å²) in [6.07, 6.45) is 0. The van der Waals surface area contributed by atoms with E-state index in [0.29, 0.717) is 0 Å². The molecule has 0 aliphatic rings. The van der Waals surface area contributed by atoms with Gasteiger partial charge in [-0.3, -0.25) is 0 Å². The summed E-state index contributed by atoms with van der Waals surface area (Å²) in [7, 11) is -1.25. The predicted octanol–water partition coefficient (Wildman–Crippen LogP) is 6.32. The van der Waals surface area contributed by atoms with E-state index in [-0.39, 0.29) is 33.8 Å². The van der Waals surface area contributed by atoms with Crippen molar-refractivity contribution in [2.24, 2.45) is 0 Å². The molecule has 0 heterocycles. The summed E-state index contributed by atoms with van der Waals surface area (Å²) in [4.78, 5) is 0. The minimum atomic E-state index is -0.627. The molecule has 0 aliphatic carbocycles. The van der Waals surface area contributed by atoms with Gasteiger partial charge in [0.05, 0.1) is 0 Å². The van der Waals surface area contributed by atoms with Gasteiger partial charge in [0.25, 0.3) is 0 Å². The maximum atomic E-state index is 2.35. The standard InChI is InChI=1S/C29H23P2.C5H5.Co.Fe/c1-5-14-24(15-6-1)30(25-16-7-2-8-17-25)28-22-13-23-29(28)31(26-18-9-3-10-19-26)27-20-11-4-12-21-27;1-2-4-5-3-1;;/h1-23H;1-5H;;/q-1;-5;;. The van der Waals surface area contributed by atoms with Crippen molar-refractivity contribution in [3.63, 3.8) is 0 Å². The molecule has 0 aromatic heterocycles. The van der Waals surface area contributed by atoms with Gasteiger partial charge in [0.15, 0.2) is 0 Å². The minimum Gasteiger partial charge on any atom is -0.748 e. The van der Waals surface area contributed by atoms with Gasteiger partial charge < -0.3 is 30.3 Å². The van der Waals surface area contributed by atoms with Crippen molar-refractivity contribution in [1.29, 1.82) is 0 Å². The van der Waals surface area contributed by atoms with E-state index < -0.39 is 15.8 Å². The summed E-state index contributed by atoms with van der Waals surface area (Å²) in [5.74, 6) is 0. The molecule has 0 saturated carbocycles. The van der Waals surface area contributed by atoms with Crippen LogP contribution in [0.4, 0.5) is 0 Å². The minimum absolute atomic E-state index is 0. The molecule has 0 spiro atoms. The molecule has 197 valence electrons. The summed E-state index contributed by atoms with van der Waals surface area (Å²) in [5, 5.41) is 8.51. The van der Waals surface area contributed by atoms with Gasteiger partial charge in [0.2, 0.25) is 0 Å². The van der Waals surface area contributed by atoms with Crippen LogP contribution in [0.2, 0.25) is 0 Å². The molecule has 0 atom stereocenters. The van der Waals surface area contributed by atoms with E-state index in [0.717, 1.165) is 0 Å². The summed E-state index contributed by atoms with van der Waals surface area (Å²) in [6.45, 7) is 0. The number of rotatable bonds is 6. The van der Waals surface area contributed by atoms with Crippen LogP contribution in [0.15, 0.2) is 170 Å². The summed E-state index contributed by atoms with van der Waals surface area (Å²) in [6, 6.07) is 60.9. The van der Waals surface area contributed by atoms with Crippen LogP contribution in [-0.2, 0) is 33.8 Å². The fourth-order valence-corrected chi connectivity index (χ4v) is 9.53. The molecule has 4 heteroatoms. The molecule has 0 amide bonds. The molecule has 38 heavy (non-hydrogen) atoms. The Hall–Kier alpha value is -2.53. The molecule has 1 radical (unpaired) electrons. The number of hydrogen-bond donors (Lipinski definition) is 0. The molecule has 0 N–H and O–H groups in total. The number of benzene rings is 4. The molecule has 0 nitrogen and oxygen atoms in total. The van der Waals surface area contributed by atoms with Crippen molar-refractivity contribution in [3.05, 3.63) is 170 Å². The monoisotopic (exact) mass is 613 g/mol. The second kappa shape index (κ2) is 15.8. The van der Waals surface area contributed by atoms with E-state index in [1.165, 1.54) is 31.8 Å². The van der Waals surface area contributed by atoms with E-state index in [9.17, 15) is 0 Å². The van der Waals surface area contributed by atoms with Crippen molar-refractivity contribution >= 4 is 47.7 Å². The summed E-state index contributed by atoms with van der Waals surface area (Å²) < 4.78 is 0. The Bertz CT molecular complexity index is 1220. The molecule has 0 saturated heterocycles. The second-order valence-electron chi connectivity index (χ2n) is 8.27. The van der Waals surface area contributed by atoms with Gasteiger partial charge in [-0.15, -0.1) is 10.6 Å². The third-order valence-electron chi connectivity index (χ3n) is 5.87. The first-order valence-corrected chi connectivity index (χ1v) is 14.8. The van der Waals surface area contributed by atoms with Crippen LogP contribution in [-0.4, -0.2) is 0 Å². The Morgan fingerprint density at radius 3 is 1.13 bits per heavy atom. The normalized spacial score (nSPS) is 10.2. The average molecular weight is 613 g/mol. The fraction of sp³-hybridized carbons (Fsp3) is 0. The van der Waals surface area contributed by atoms with Crippen LogP contribution >= 0.6 is 15.8 Å². The van der Waals surface area contributed by atoms with Crippen molar-refractivity contribution in [1.82, 2.24) is 0 Å². The SMILES string of the molecule is [Co].[Fe].[cH-]1[cH-][cH-][cH-][cH-]1.c1ccc(P(c2ccccc2)c2ccc[c-]2P(c2ccccc2)c2ccccc2)cc1. The molecule has 6 rings (SSSR count). The Morgan fingerprint density at radius 1 is 0.421 bits per heavy atom. The third-order valence-corrected chi connectivity index (χ3v) is 11.0. The van der Waals surface area contributed by atoms with Gasteiger partial charge in [-0.05, 0) is 29.1 Å². The zero-order valence-electron chi connectivity index (χ0n) is 20.7. The van der Waals surface area contributed by atoms with Gasteiger partial charge >= 0.3 is 0 Å². The van der Waals surface area contributed by atoms with Gasteiger partial charge in [-0.25, -0.2) is 12.1 Å². The first-order valence-electron chi connectivity index (χ1n) is 12.1. The summed E-state index contributed by atoms with van der Waals surface area (Å²) >= 11 is 0. The van der Waals surface area contributed by atoms with Gasteiger partial charge in [-0.1, -0.05) is 129 Å². The maximum Gasteiger partial charge on any atom is 0 e. The number of hydrogen-bond acceptors (Lipinski definition) is 0. The third kappa shape index (κ3) is 7.53. The first-order chi connectivity index (χ1) is 17.9. The maximum absolute atomic E-state index is 2.35. The smallest absolute Gasteiger partial charge is 0 e. The molecule has 0 fully saturated rings. The molecular formula is C34H28CoFeP2-6. The first kappa shape index (κ1) is 30.0. The molecule has 0 unspecified atom stereocenters. The van der Waals surface area contributed by atoms with Gasteiger partial charge in [0.1, 0.15) is 0 Å². The Labute approximate surface area is 250 Å². The molecule has 0 aliphatic heterocycles. The summed E-state index contributed by atoms with van der Waals surface area (Å²) in [5.41, 5.74) is 0. The van der Waals surface area contributed by atoms with Crippen LogP contribution in [0.1, 0.15) is 0 Å². The molecule has 0 bridgehead atoms. The Balaban J connectivity index is 0.000000515. The fourth-order valence-electron chi connectivity index (χ4n) is 4.26. The topological polar surface area (TPSA) is 0 Å². The van der Waals surface area contributed by atoms with E-state index in [1.807, 2.05) is 30.3 Å². The van der Waals surface area contributed by atoms with Crippen LogP contribution in [0.3, 0.4) is 0 Å². The molecule has 6 aromatic carbocycles. The van der Waals surface area contributed by atoms with Gasteiger partial charge in [-0.2, -0.15) is 6.07 Å². The van der Waals surface area contributed by atoms with Crippen molar-refractivity contribution < 1.29 is 33.8 Å². The van der Waals surface area contributed by atoms with Crippen molar-refractivity contribution in [2.45, 2.75) is 0 Å². The second-order valence-corrected chi connectivity index (χ2v) is 12.6. The zero-order chi connectivity index (χ0) is 24.4. The quantitative estimate of drug-likeness (QED) is 0.117. The molecule has 6 aromatic rings. The molecular weight excluding hydrogens is 585 g/mol. The van der Waals surface area contributed by atoms with Crippen LogP contribution in [0, 0.1) is 0 Å². The zero-order valence-corrected chi connectivity index (χ0v) is 24.7. The van der Waals surface area contributed by atoms with E-state index in [1.54, 1.807) is 0 Å². The Kier molecular flexibility index (Phi) is 12.5. The van der Waals surface area contributed by atoms with Gasteiger partial charge in [0, 0.05) is 33.8 Å². The largest absolute Gasteiger partial charge is 0.748 e. The van der Waals surface area contributed by atoms with E-state index >= 15 is 0 Å². The van der Waals surface area contributed by atoms with Crippen molar-refractivity contribution in [3.8, 4) is 0 Å². The van der Waals surface area contributed by atoms with E-state index in [2.05, 4.69) is 140 Å². The van der Waals surface area contributed by atoms with E-state index in [4.69, 9.17) is 0 Å². The van der Waals surface area contributed by atoms with Crippen LogP contribution in [0.5, 0.6) is 0 Å². The van der Waals surface area contributed by atoms with Crippen LogP contribution in [0.25, 0.3) is 0 Å². The average Bonchev–Trinajstić information content (AvgIpc) is 3.68. The Morgan fingerprint density at radius 2 is 0.763 bits per heavy atom. The van der Waals surface area contributed by atoms with Crippen molar-refractivity contribution in [2.75, 3.05) is 0 Å². The predicted molar refractivity (Wildman–Crippen MR) is 161 cm³/mol.